The van der Waals surface area contributed by atoms with Crippen molar-refractivity contribution in [3.63, 3.8) is 0 Å². The minimum atomic E-state index is -0.432. The van der Waals surface area contributed by atoms with E-state index >= 15 is 0 Å². The van der Waals surface area contributed by atoms with Gasteiger partial charge in [-0.15, -0.1) is 0 Å². The lowest BCUT2D eigenvalue weighted by Crippen LogP contribution is -2.25. The molecule has 1 aromatic rings. The summed E-state index contributed by atoms with van der Waals surface area (Å²) in [6.45, 7) is 3.45. The molecule has 1 aromatic carbocycles. The Bertz CT molecular complexity index is 495. The van der Waals surface area contributed by atoms with Crippen molar-refractivity contribution in [1.29, 1.82) is 0 Å². The first-order chi connectivity index (χ1) is 10.2. The summed E-state index contributed by atoms with van der Waals surface area (Å²) in [4.78, 5) is 10.7. The van der Waals surface area contributed by atoms with E-state index < -0.39 is 4.92 Å². The zero-order chi connectivity index (χ0) is 15.1. The van der Waals surface area contributed by atoms with E-state index in [2.05, 4.69) is 10.6 Å². The molecular weight excluding hydrogens is 278 g/mol. The van der Waals surface area contributed by atoms with Crippen molar-refractivity contribution in [1.82, 2.24) is 5.32 Å². The molecule has 0 fully saturated rings. The van der Waals surface area contributed by atoms with Crippen molar-refractivity contribution >= 4 is 11.4 Å². The second-order valence-electron chi connectivity index (χ2n) is 4.44. The maximum absolute atomic E-state index is 11.1. The summed E-state index contributed by atoms with van der Waals surface area (Å²) in [6, 6.07) is 3.01. The summed E-state index contributed by atoms with van der Waals surface area (Å²) in [7, 11) is 1.64. The third-order valence-corrected chi connectivity index (χ3v) is 2.96. The SMILES string of the molecule is COCCNCCNc1cc2c(cc1[N+](=O)[O-])OCCO2. The van der Waals surface area contributed by atoms with Gasteiger partial charge in [0.2, 0.25) is 0 Å². The number of rotatable bonds is 8. The van der Waals surface area contributed by atoms with E-state index in [0.29, 0.717) is 50.1 Å². The maximum Gasteiger partial charge on any atom is 0.296 e. The number of hydrogen-bond acceptors (Lipinski definition) is 7. The third-order valence-electron chi connectivity index (χ3n) is 2.96. The predicted octanol–water partition coefficient (Wildman–Crippen LogP) is 1.01. The number of nitrogens with one attached hydrogen (secondary N) is 2. The van der Waals surface area contributed by atoms with Gasteiger partial charge in [-0.25, -0.2) is 0 Å². The van der Waals surface area contributed by atoms with Crippen LogP contribution in [0.1, 0.15) is 0 Å². The summed E-state index contributed by atoms with van der Waals surface area (Å²) in [5.74, 6) is 0.943. The monoisotopic (exact) mass is 297 g/mol. The van der Waals surface area contributed by atoms with Gasteiger partial charge in [0.25, 0.3) is 5.69 Å². The van der Waals surface area contributed by atoms with Crippen LogP contribution >= 0.6 is 0 Å². The largest absolute Gasteiger partial charge is 0.486 e. The van der Waals surface area contributed by atoms with E-state index in [4.69, 9.17) is 14.2 Å². The van der Waals surface area contributed by atoms with Crippen LogP contribution in [0, 0.1) is 10.1 Å². The quantitative estimate of drug-likeness (QED) is 0.420. The molecular formula is C13H19N3O5. The average Bonchev–Trinajstić information content (AvgIpc) is 2.49. The topological polar surface area (TPSA) is 94.9 Å². The lowest BCUT2D eigenvalue weighted by molar-refractivity contribution is -0.384. The molecule has 8 heteroatoms. The van der Waals surface area contributed by atoms with E-state index in [1.54, 1.807) is 13.2 Å². The van der Waals surface area contributed by atoms with Crippen LogP contribution in [-0.2, 0) is 4.74 Å². The Labute approximate surface area is 122 Å². The number of nitro benzene ring substituents is 1. The molecule has 21 heavy (non-hydrogen) atoms. The number of methoxy groups -OCH3 is 1. The van der Waals surface area contributed by atoms with Gasteiger partial charge in [-0.2, -0.15) is 0 Å². The summed E-state index contributed by atoms with van der Waals surface area (Å²) in [5, 5.41) is 17.3. The smallest absolute Gasteiger partial charge is 0.296 e. The van der Waals surface area contributed by atoms with Crippen LogP contribution in [-0.4, -0.2) is 51.5 Å². The molecule has 2 N–H and O–H groups in total. The highest BCUT2D eigenvalue weighted by Gasteiger charge is 2.21. The molecule has 0 spiro atoms. The molecule has 0 unspecified atom stereocenters. The first kappa shape index (κ1) is 15.3. The third kappa shape index (κ3) is 4.20. The van der Waals surface area contributed by atoms with Crippen LogP contribution in [0.2, 0.25) is 0 Å². The fourth-order valence-corrected chi connectivity index (χ4v) is 1.96. The molecule has 0 aromatic heterocycles. The highest BCUT2D eigenvalue weighted by molar-refractivity contribution is 5.68. The van der Waals surface area contributed by atoms with Gasteiger partial charge in [0.05, 0.1) is 17.6 Å². The Morgan fingerprint density at radius 1 is 1.24 bits per heavy atom. The number of nitro groups is 1. The van der Waals surface area contributed by atoms with Crippen molar-refractivity contribution in [2.45, 2.75) is 0 Å². The van der Waals surface area contributed by atoms with Crippen LogP contribution in [0.15, 0.2) is 12.1 Å². The fourth-order valence-electron chi connectivity index (χ4n) is 1.96. The molecule has 0 radical (unpaired) electrons. The van der Waals surface area contributed by atoms with Crippen LogP contribution in [0.4, 0.5) is 11.4 Å². The van der Waals surface area contributed by atoms with E-state index in [-0.39, 0.29) is 5.69 Å². The van der Waals surface area contributed by atoms with Crippen LogP contribution in [0.3, 0.4) is 0 Å². The van der Waals surface area contributed by atoms with Gasteiger partial charge in [0.1, 0.15) is 18.9 Å². The maximum atomic E-state index is 11.1. The number of nitrogens with zero attached hydrogens (tertiary/aromatic N) is 1. The summed E-state index contributed by atoms with van der Waals surface area (Å²) in [5.41, 5.74) is 0.411. The summed E-state index contributed by atoms with van der Waals surface area (Å²) >= 11 is 0. The van der Waals surface area contributed by atoms with Gasteiger partial charge >= 0.3 is 0 Å². The van der Waals surface area contributed by atoms with Gasteiger partial charge in [0, 0.05) is 32.8 Å². The molecule has 0 bridgehead atoms. The zero-order valence-electron chi connectivity index (χ0n) is 11.9. The van der Waals surface area contributed by atoms with Crippen molar-refractivity contribution < 1.29 is 19.1 Å². The van der Waals surface area contributed by atoms with Crippen molar-refractivity contribution in [3.05, 3.63) is 22.2 Å². The minimum absolute atomic E-state index is 0.0175. The predicted molar refractivity (Wildman–Crippen MR) is 77.3 cm³/mol. The summed E-state index contributed by atoms with van der Waals surface area (Å²) < 4.78 is 15.7. The Kier molecular flexibility index (Phi) is 5.59. The highest BCUT2D eigenvalue weighted by Crippen LogP contribution is 2.39. The van der Waals surface area contributed by atoms with Gasteiger partial charge in [-0.3, -0.25) is 10.1 Å². The number of hydrogen-bond donors (Lipinski definition) is 2. The lowest BCUT2D eigenvalue weighted by Gasteiger charge is -2.19. The average molecular weight is 297 g/mol. The molecule has 8 nitrogen and oxygen atoms in total. The molecule has 2 rings (SSSR count). The van der Waals surface area contributed by atoms with Crippen LogP contribution < -0.4 is 20.1 Å². The lowest BCUT2D eigenvalue weighted by atomic mass is 10.2. The zero-order valence-corrected chi connectivity index (χ0v) is 11.9. The molecule has 0 amide bonds. The Hall–Kier alpha value is -2.06. The van der Waals surface area contributed by atoms with Gasteiger partial charge < -0.3 is 24.8 Å². The van der Waals surface area contributed by atoms with Gasteiger partial charge in [-0.05, 0) is 0 Å². The molecule has 0 aliphatic carbocycles. The number of ether oxygens (including phenoxy) is 3. The number of anilines is 1. The first-order valence-electron chi connectivity index (χ1n) is 6.74. The second-order valence-corrected chi connectivity index (χ2v) is 4.44. The van der Waals surface area contributed by atoms with E-state index in [0.717, 1.165) is 6.54 Å². The molecule has 1 aliphatic rings. The number of benzene rings is 1. The Balaban J connectivity index is 1.98. The van der Waals surface area contributed by atoms with Crippen molar-refractivity contribution in [3.8, 4) is 11.5 Å². The fraction of sp³-hybridized carbons (Fsp3) is 0.538. The summed E-state index contributed by atoms with van der Waals surface area (Å²) in [6.07, 6.45) is 0. The molecule has 0 saturated carbocycles. The van der Waals surface area contributed by atoms with Crippen molar-refractivity contribution in [2.75, 3.05) is 51.9 Å². The second kappa shape index (κ2) is 7.65. The Morgan fingerprint density at radius 3 is 2.62 bits per heavy atom. The van der Waals surface area contributed by atoms with Crippen LogP contribution in [0.5, 0.6) is 11.5 Å². The van der Waals surface area contributed by atoms with Gasteiger partial charge in [-0.1, -0.05) is 0 Å². The van der Waals surface area contributed by atoms with Crippen molar-refractivity contribution in [2.24, 2.45) is 0 Å². The number of fused-ring (bicyclic) bond motifs is 1. The molecule has 1 aliphatic heterocycles. The van der Waals surface area contributed by atoms with Crippen LogP contribution in [0.25, 0.3) is 0 Å². The van der Waals surface area contributed by atoms with E-state index in [1.807, 2.05) is 0 Å². The molecule has 0 atom stereocenters. The van der Waals surface area contributed by atoms with E-state index in [9.17, 15) is 10.1 Å². The first-order valence-corrected chi connectivity index (χ1v) is 6.74. The Morgan fingerprint density at radius 2 is 1.95 bits per heavy atom. The highest BCUT2D eigenvalue weighted by atomic mass is 16.6. The standard InChI is InChI=1S/C13H19N3O5/c1-19-5-4-14-2-3-15-10-8-12-13(21-7-6-20-12)9-11(10)16(17)18/h8-9,14-15H,2-7H2,1H3. The van der Waals surface area contributed by atoms with Gasteiger partial charge in [0.15, 0.2) is 11.5 Å². The molecule has 1 heterocycles. The van der Waals surface area contributed by atoms with E-state index in [1.165, 1.54) is 6.07 Å². The molecule has 0 saturated heterocycles. The molecule has 116 valence electrons. The normalized spacial score (nSPS) is 13.0. The minimum Gasteiger partial charge on any atom is -0.486 e.